The van der Waals surface area contributed by atoms with Gasteiger partial charge in [-0.3, -0.25) is 0 Å². The van der Waals surface area contributed by atoms with Gasteiger partial charge in [-0.05, 0) is 45.7 Å². The van der Waals surface area contributed by atoms with Crippen LogP contribution in [0.1, 0.15) is 52.9 Å². The lowest BCUT2D eigenvalue weighted by Crippen LogP contribution is -2.45. The number of likely N-dealkylation sites (tertiary alicyclic amines) is 1. The smallest absolute Gasteiger partial charge is 0.0151 e. The highest BCUT2D eigenvalue weighted by molar-refractivity contribution is 4.81. The zero-order valence-corrected chi connectivity index (χ0v) is 10.8. The van der Waals surface area contributed by atoms with Crippen LogP contribution in [0.5, 0.6) is 0 Å². The first-order chi connectivity index (χ1) is 7.20. The van der Waals surface area contributed by atoms with E-state index in [9.17, 15) is 0 Å². The van der Waals surface area contributed by atoms with Crippen LogP contribution in [0.4, 0.5) is 0 Å². The van der Waals surface area contributed by atoms with Gasteiger partial charge in [0.25, 0.3) is 0 Å². The maximum Gasteiger partial charge on any atom is 0.0151 e. The molecular weight excluding hydrogens is 184 g/mol. The molecule has 1 N–H and O–H groups in total. The van der Waals surface area contributed by atoms with Crippen LogP contribution in [0.15, 0.2) is 0 Å². The maximum atomic E-state index is 3.73. The van der Waals surface area contributed by atoms with Crippen molar-refractivity contribution in [3.05, 3.63) is 0 Å². The highest BCUT2D eigenvalue weighted by Gasteiger charge is 2.20. The van der Waals surface area contributed by atoms with E-state index in [2.05, 4.69) is 31.0 Å². The van der Waals surface area contributed by atoms with Crippen LogP contribution in [0.25, 0.3) is 0 Å². The number of nitrogens with one attached hydrogen (secondary N) is 1. The highest BCUT2D eigenvalue weighted by Crippen LogP contribution is 2.16. The average Bonchev–Trinajstić information content (AvgIpc) is 2.71. The minimum Gasteiger partial charge on any atom is -0.310 e. The fraction of sp³-hybridized carbons (Fsp3) is 1.00. The third-order valence-electron chi connectivity index (χ3n) is 3.76. The van der Waals surface area contributed by atoms with Crippen LogP contribution in [0, 0.1) is 0 Å². The van der Waals surface area contributed by atoms with E-state index in [1.807, 2.05) is 0 Å². The second kappa shape index (κ2) is 6.49. The molecule has 1 unspecified atom stereocenters. The van der Waals surface area contributed by atoms with Crippen molar-refractivity contribution in [3.8, 4) is 0 Å². The molecular formula is C13H28N2. The zero-order valence-electron chi connectivity index (χ0n) is 10.8. The molecule has 90 valence electrons. The average molecular weight is 212 g/mol. The van der Waals surface area contributed by atoms with Crippen molar-refractivity contribution in [1.82, 2.24) is 10.2 Å². The van der Waals surface area contributed by atoms with Crippen molar-refractivity contribution in [2.45, 2.75) is 58.4 Å². The van der Waals surface area contributed by atoms with Gasteiger partial charge in [0.1, 0.15) is 0 Å². The van der Waals surface area contributed by atoms with Crippen molar-refractivity contribution in [2.75, 3.05) is 26.2 Å². The number of hydrogen-bond donors (Lipinski definition) is 1. The number of rotatable bonds is 7. The van der Waals surface area contributed by atoms with E-state index in [1.165, 1.54) is 51.7 Å². The van der Waals surface area contributed by atoms with Gasteiger partial charge in [0, 0.05) is 18.6 Å². The van der Waals surface area contributed by atoms with Crippen LogP contribution < -0.4 is 5.32 Å². The lowest BCUT2D eigenvalue weighted by Gasteiger charge is -2.30. The summed E-state index contributed by atoms with van der Waals surface area (Å²) in [5, 5.41) is 3.73. The summed E-state index contributed by atoms with van der Waals surface area (Å²) in [6.45, 7) is 12.0. The lowest BCUT2D eigenvalue weighted by atomic mass is 9.93. The first-order valence-electron chi connectivity index (χ1n) is 6.67. The van der Waals surface area contributed by atoms with Crippen molar-refractivity contribution < 1.29 is 0 Å². The zero-order chi connectivity index (χ0) is 11.1. The summed E-state index contributed by atoms with van der Waals surface area (Å²) in [5.74, 6) is 0. The van der Waals surface area contributed by atoms with Crippen molar-refractivity contribution in [3.63, 3.8) is 0 Å². The summed E-state index contributed by atoms with van der Waals surface area (Å²) >= 11 is 0. The summed E-state index contributed by atoms with van der Waals surface area (Å²) < 4.78 is 0. The third-order valence-corrected chi connectivity index (χ3v) is 3.76. The first-order valence-corrected chi connectivity index (χ1v) is 6.67. The van der Waals surface area contributed by atoms with Gasteiger partial charge in [-0.1, -0.05) is 20.3 Å². The molecule has 1 heterocycles. The van der Waals surface area contributed by atoms with Gasteiger partial charge in [-0.2, -0.15) is 0 Å². The van der Waals surface area contributed by atoms with E-state index in [4.69, 9.17) is 0 Å². The molecule has 0 amide bonds. The molecule has 1 saturated heterocycles. The Bertz CT molecular complexity index is 164. The summed E-state index contributed by atoms with van der Waals surface area (Å²) in [5.41, 5.74) is 0.370. The predicted octanol–water partition coefficient (Wildman–Crippen LogP) is 2.64. The van der Waals surface area contributed by atoms with Crippen LogP contribution in [0.3, 0.4) is 0 Å². The molecule has 0 aromatic carbocycles. The number of hydrogen-bond acceptors (Lipinski definition) is 2. The van der Waals surface area contributed by atoms with Gasteiger partial charge < -0.3 is 10.2 Å². The SMILES string of the molecule is CCCC(C)(CC)NCCN1CCCC1. The molecule has 0 aliphatic carbocycles. The van der Waals surface area contributed by atoms with Crippen LogP contribution in [0.2, 0.25) is 0 Å². The molecule has 0 aromatic rings. The van der Waals surface area contributed by atoms with Crippen LogP contribution in [-0.4, -0.2) is 36.6 Å². The Kier molecular flexibility index (Phi) is 5.62. The van der Waals surface area contributed by atoms with E-state index in [1.54, 1.807) is 0 Å². The molecule has 1 aliphatic heterocycles. The predicted molar refractivity (Wildman–Crippen MR) is 67.3 cm³/mol. The normalized spacial score (nSPS) is 21.8. The largest absolute Gasteiger partial charge is 0.310 e. The quantitative estimate of drug-likeness (QED) is 0.698. The Morgan fingerprint density at radius 2 is 1.87 bits per heavy atom. The minimum absolute atomic E-state index is 0.370. The lowest BCUT2D eigenvalue weighted by molar-refractivity contribution is 0.276. The monoisotopic (exact) mass is 212 g/mol. The highest BCUT2D eigenvalue weighted by atomic mass is 15.2. The topological polar surface area (TPSA) is 15.3 Å². The Balaban J connectivity index is 2.15. The Hall–Kier alpha value is -0.0800. The molecule has 2 heteroatoms. The summed E-state index contributed by atoms with van der Waals surface area (Å²) in [6, 6.07) is 0. The van der Waals surface area contributed by atoms with E-state index in [0.29, 0.717) is 5.54 Å². The van der Waals surface area contributed by atoms with Gasteiger partial charge >= 0.3 is 0 Å². The number of nitrogens with zero attached hydrogens (tertiary/aromatic N) is 1. The molecule has 0 saturated carbocycles. The first kappa shape index (κ1) is 13.0. The van der Waals surface area contributed by atoms with Gasteiger partial charge in [0.15, 0.2) is 0 Å². The third kappa shape index (κ3) is 4.52. The maximum absolute atomic E-state index is 3.73. The molecule has 1 aliphatic rings. The molecule has 1 rings (SSSR count). The molecule has 0 spiro atoms. The standard InChI is InChI=1S/C13H28N2/c1-4-8-13(3,5-2)14-9-12-15-10-6-7-11-15/h14H,4-12H2,1-3H3. The minimum atomic E-state index is 0.370. The Morgan fingerprint density at radius 3 is 2.40 bits per heavy atom. The second-order valence-corrected chi connectivity index (χ2v) is 5.14. The van der Waals surface area contributed by atoms with Crippen molar-refractivity contribution in [1.29, 1.82) is 0 Å². The fourth-order valence-electron chi connectivity index (χ4n) is 2.46. The van der Waals surface area contributed by atoms with E-state index in [-0.39, 0.29) is 0 Å². The fourth-order valence-corrected chi connectivity index (χ4v) is 2.46. The van der Waals surface area contributed by atoms with E-state index >= 15 is 0 Å². The van der Waals surface area contributed by atoms with Crippen LogP contribution in [-0.2, 0) is 0 Å². The molecule has 0 bridgehead atoms. The summed E-state index contributed by atoms with van der Waals surface area (Å²) in [6.07, 6.45) is 6.62. The molecule has 0 aromatic heterocycles. The molecule has 1 atom stereocenters. The molecule has 0 radical (unpaired) electrons. The van der Waals surface area contributed by atoms with E-state index < -0.39 is 0 Å². The van der Waals surface area contributed by atoms with Gasteiger partial charge in [-0.15, -0.1) is 0 Å². The van der Waals surface area contributed by atoms with Gasteiger partial charge in [0.2, 0.25) is 0 Å². The molecule has 2 nitrogen and oxygen atoms in total. The Morgan fingerprint density at radius 1 is 1.20 bits per heavy atom. The Labute approximate surface area is 95.4 Å². The molecule has 1 fully saturated rings. The summed E-state index contributed by atoms with van der Waals surface area (Å²) in [7, 11) is 0. The summed E-state index contributed by atoms with van der Waals surface area (Å²) in [4.78, 5) is 2.58. The van der Waals surface area contributed by atoms with Gasteiger partial charge in [0.05, 0.1) is 0 Å². The van der Waals surface area contributed by atoms with Crippen molar-refractivity contribution >= 4 is 0 Å². The van der Waals surface area contributed by atoms with Crippen LogP contribution >= 0.6 is 0 Å². The second-order valence-electron chi connectivity index (χ2n) is 5.14. The van der Waals surface area contributed by atoms with Crippen molar-refractivity contribution in [2.24, 2.45) is 0 Å². The molecule has 15 heavy (non-hydrogen) atoms. The van der Waals surface area contributed by atoms with Gasteiger partial charge in [-0.25, -0.2) is 0 Å². The van der Waals surface area contributed by atoms with E-state index in [0.717, 1.165) is 6.54 Å².